The Labute approximate surface area is 258 Å². The zero-order valence-corrected chi connectivity index (χ0v) is 25.0. The minimum absolute atomic E-state index is 0.169. The molecule has 0 aliphatic carbocycles. The third-order valence-electron chi connectivity index (χ3n) is 6.82. The molecule has 1 amide bonds. The van der Waals surface area contributed by atoms with E-state index in [0.717, 1.165) is 5.56 Å². The van der Waals surface area contributed by atoms with Crippen LogP contribution in [0.15, 0.2) is 84.0 Å². The molecule has 0 spiro atoms. The fourth-order valence-corrected chi connectivity index (χ4v) is 4.79. The Bertz CT molecular complexity index is 1860. The summed E-state index contributed by atoms with van der Waals surface area (Å²) < 4.78 is 41.9. The highest BCUT2D eigenvalue weighted by Crippen LogP contribution is 2.39. The first kappa shape index (κ1) is 30.6. The maximum absolute atomic E-state index is 14.6. The highest BCUT2D eigenvalue weighted by atomic mass is 19.1. The number of nitrogens with one attached hydrogen (secondary N) is 2. The van der Waals surface area contributed by atoms with Gasteiger partial charge in [-0.3, -0.25) is 4.79 Å². The summed E-state index contributed by atoms with van der Waals surface area (Å²) in [6.45, 7) is 2.09. The fraction of sp³-hybridized carbons (Fsp3) is 0.147. The Morgan fingerprint density at radius 3 is 2.27 bits per heavy atom. The van der Waals surface area contributed by atoms with Gasteiger partial charge in [0.15, 0.2) is 23.0 Å². The first-order valence-corrected chi connectivity index (χ1v) is 13.9. The van der Waals surface area contributed by atoms with Crippen LogP contribution in [0.25, 0.3) is 22.0 Å². The van der Waals surface area contributed by atoms with Gasteiger partial charge in [-0.2, -0.15) is 5.10 Å². The third kappa shape index (κ3) is 6.42. The first-order chi connectivity index (χ1) is 21.9. The number of para-hydroxylation sites is 1. The van der Waals surface area contributed by atoms with E-state index < -0.39 is 17.7 Å². The molecular weight excluding hydrogens is 581 g/mol. The van der Waals surface area contributed by atoms with Crippen molar-refractivity contribution < 1.29 is 37.7 Å². The van der Waals surface area contributed by atoms with E-state index in [1.807, 2.05) is 30.3 Å². The molecule has 10 nitrogen and oxygen atoms in total. The normalized spacial score (nSPS) is 11.0. The molecule has 0 bridgehead atoms. The van der Waals surface area contributed by atoms with Crippen LogP contribution in [0.5, 0.6) is 28.7 Å². The molecule has 2 N–H and O–H groups in total. The summed E-state index contributed by atoms with van der Waals surface area (Å²) in [6, 6.07) is 21.7. The number of ether oxygens (including phenoxy) is 5. The molecule has 1 heterocycles. The standard InChI is InChI=1S/C34H30FN3O7/c1-5-44-26-16-20(14-15-25(26)45-34(40)22-17-27(41-2)32(43-4)28(18-22)42-3)19-36-38-33(39)31-29(21-10-7-6-8-11-21)23-12-9-13-24(35)30(23)37-31/h6-19,37H,5H2,1-4H3,(H,38,39). The number of hydrazone groups is 1. The van der Waals surface area contributed by atoms with Crippen LogP contribution in [-0.2, 0) is 0 Å². The summed E-state index contributed by atoms with van der Waals surface area (Å²) >= 11 is 0. The Morgan fingerprint density at radius 1 is 0.867 bits per heavy atom. The second-order valence-corrected chi connectivity index (χ2v) is 9.55. The van der Waals surface area contributed by atoms with Crippen LogP contribution in [0.1, 0.15) is 33.3 Å². The maximum Gasteiger partial charge on any atom is 0.343 e. The Balaban J connectivity index is 1.36. The number of fused-ring (bicyclic) bond motifs is 1. The lowest BCUT2D eigenvalue weighted by Crippen LogP contribution is -2.19. The summed E-state index contributed by atoms with van der Waals surface area (Å²) in [5.74, 6) is -0.297. The van der Waals surface area contributed by atoms with Crippen molar-refractivity contribution in [2.45, 2.75) is 6.92 Å². The number of methoxy groups -OCH3 is 3. The lowest BCUT2D eigenvalue weighted by atomic mass is 10.0. The van der Waals surface area contributed by atoms with Gasteiger partial charge in [0.05, 0.1) is 45.2 Å². The van der Waals surface area contributed by atoms with Crippen molar-refractivity contribution in [3.8, 4) is 39.9 Å². The van der Waals surface area contributed by atoms with Gasteiger partial charge in [-0.25, -0.2) is 14.6 Å². The average molecular weight is 612 g/mol. The van der Waals surface area contributed by atoms with Crippen LogP contribution >= 0.6 is 0 Å². The summed E-state index contributed by atoms with van der Waals surface area (Å²) in [7, 11) is 4.36. The second kappa shape index (κ2) is 13.6. The van der Waals surface area contributed by atoms with Crippen LogP contribution in [0.3, 0.4) is 0 Å². The molecule has 5 aromatic rings. The smallest absolute Gasteiger partial charge is 0.343 e. The van der Waals surface area contributed by atoms with E-state index in [-0.39, 0.29) is 28.3 Å². The number of H-pyrrole nitrogens is 1. The first-order valence-electron chi connectivity index (χ1n) is 13.9. The Morgan fingerprint density at radius 2 is 1.60 bits per heavy atom. The minimum Gasteiger partial charge on any atom is -0.493 e. The van der Waals surface area contributed by atoms with Crippen molar-refractivity contribution in [2.24, 2.45) is 5.10 Å². The summed E-state index contributed by atoms with van der Waals surface area (Å²) in [5, 5.41) is 4.68. The number of aromatic nitrogens is 1. The molecule has 0 aliphatic heterocycles. The number of amides is 1. The molecule has 11 heteroatoms. The van der Waals surface area contributed by atoms with Gasteiger partial charge in [-0.05, 0) is 54.4 Å². The number of carbonyl (C=O) groups excluding carboxylic acids is 2. The van der Waals surface area contributed by atoms with Crippen LogP contribution < -0.4 is 29.1 Å². The van der Waals surface area contributed by atoms with Crippen LogP contribution in [0.4, 0.5) is 4.39 Å². The van der Waals surface area contributed by atoms with E-state index in [1.165, 1.54) is 45.7 Å². The van der Waals surface area contributed by atoms with Crippen LogP contribution in [-0.4, -0.2) is 51.0 Å². The lowest BCUT2D eigenvalue weighted by Gasteiger charge is -2.15. The third-order valence-corrected chi connectivity index (χ3v) is 6.82. The van der Waals surface area contributed by atoms with Crippen molar-refractivity contribution in [3.05, 3.63) is 102 Å². The number of carbonyl (C=O) groups is 2. The van der Waals surface area contributed by atoms with Gasteiger partial charge in [0, 0.05) is 10.9 Å². The molecule has 0 saturated carbocycles. The quantitative estimate of drug-likeness (QED) is 0.0770. The Hall–Kier alpha value is -5.84. The predicted molar refractivity (Wildman–Crippen MR) is 167 cm³/mol. The van der Waals surface area contributed by atoms with Crippen molar-refractivity contribution in [3.63, 3.8) is 0 Å². The second-order valence-electron chi connectivity index (χ2n) is 9.55. The van der Waals surface area contributed by atoms with Gasteiger partial charge >= 0.3 is 5.97 Å². The minimum atomic E-state index is -0.673. The summed E-state index contributed by atoms with van der Waals surface area (Å²) in [6.07, 6.45) is 1.41. The molecule has 1 aromatic heterocycles. The van der Waals surface area contributed by atoms with Gasteiger partial charge in [-0.1, -0.05) is 42.5 Å². The van der Waals surface area contributed by atoms with E-state index in [0.29, 0.717) is 40.4 Å². The fourth-order valence-electron chi connectivity index (χ4n) is 4.79. The number of nitrogens with zero attached hydrogens (tertiary/aromatic N) is 1. The Kier molecular flexibility index (Phi) is 9.28. The molecule has 0 aliphatic rings. The monoisotopic (exact) mass is 611 g/mol. The van der Waals surface area contributed by atoms with E-state index in [4.69, 9.17) is 23.7 Å². The van der Waals surface area contributed by atoms with Gasteiger partial charge in [0.2, 0.25) is 5.75 Å². The number of halogens is 1. The van der Waals surface area contributed by atoms with Gasteiger partial charge in [-0.15, -0.1) is 0 Å². The van der Waals surface area contributed by atoms with Gasteiger partial charge in [0.25, 0.3) is 5.91 Å². The summed E-state index contributed by atoms with van der Waals surface area (Å²) in [5.41, 5.74) is 4.94. The number of benzene rings is 4. The molecule has 5 rings (SSSR count). The number of esters is 1. The van der Waals surface area contributed by atoms with Crippen molar-refractivity contribution >= 4 is 29.0 Å². The topological polar surface area (TPSA) is 120 Å². The highest BCUT2D eigenvalue weighted by Gasteiger charge is 2.22. The van der Waals surface area contributed by atoms with E-state index in [9.17, 15) is 14.0 Å². The zero-order chi connectivity index (χ0) is 31.9. The maximum atomic E-state index is 14.6. The van der Waals surface area contributed by atoms with Crippen molar-refractivity contribution in [2.75, 3.05) is 27.9 Å². The molecule has 230 valence electrons. The number of aromatic amines is 1. The molecule has 0 radical (unpaired) electrons. The van der Waals surface area contributed by atoms with E-state index in [1.54, 1.807) is 37.3 Å². The number of hydrogen-bond acceptors (Lipinski definition) is 8. The van der Waals surface area contributed by atoms with Gasteiger partial charge < -0.3 is 28.7 Å². The van der Waals surface area contributed by atoms with Crippen LogP contribution in [0.2, 0.25) is 0 Å². The van der Waals surface area contributed by atoms with E-state index in [2.05, 4.69) is 15.5 Å². The molecule has 0 saturated heterocycles. The van der Waals surface area contributed by atoms with E-state index >= 15 is 0 Å². The largest absolute Gasteiger partial charge is 0.493 e. The predicted octanol–water partition coefficient (Wildman–Crippen LogP) is 6.38. The highest BCUT2D eigenvalue weighted by molar-refractivity contribution is 6.10. The SMILES string of the molecule is CCOc1cc(C=NNC(=O)c2[nH]c3c(F)cccc3c2-c2ccccc2)ccc1OC(=O)c1cc(OC)c(OC)c(OC)c1. The lowest BCUT2D eigenvalue weighted by molar-refractivity contribution is 0.0727. The molecule has 0 atom stereocenters. The molecule has 45 heavy (non-hydrogen) atoms. The number of hydrogen-bond donors (Lipinski definition) is 2. The number of rotatable bonds is 11. The summed E-state index contributed by atoms with van der Waals surface area (Å²) in [4.78, 5) is 29.2. The molecule has 0 fully saturated rings. The average Bonchev–Trinajstić information content (AvgIpc) is 3.46. The molecule has 4 aromatic carbocycles. The molecule has 0 unspecified atom stereocenters. The van der Waals surface area contributed by atoms with Crippen molar-refractivity contribution in [1.29, 1.82) is 0 Å². The van der Waals surface area contributed by atoms with Crippen LogP contribution in [0, 0.1) is 5.82 Å². The zero-order valence-electron chi connectivity index (χ0n) is 25.0. The van der Waals surface area contributed by atoms with Crippen molar-refractivity contribution in [1.82, 2.24) is 10.4 Å². The van der Waals surface area contributed by atoms with Gasteiger partial charge in [0.1, 0.15) is 11.5 Å². The molecular formula is C34H30FN3O7.